The van der Waals surface area contributed by atoms with E-state index in [0.717, 1.165) is 12.4 Å². The molecule has 7 heteroatoms. The molecule has 1 aliphatic rings. The predicted molar refractivity (Wildman–Crippen MR) is 74.9 cm³/mol. The van der Waals surface area contributed by atoms with Crippen LogP contribution in [0.4, 0.5) is 5.69 Å². The molecule has 0 saturated carbocycles. The summed E-state index contributed by atoms with van der Waals surface area (Å²) >= 11 is 0. The Kier molecular flexibility index (Phi) is 4.07. The van der Waals surface area contributed by atoms with Crippen molar-refractivity contribution in [3.05, 3.63) is 27.8 Å². The largest absolute Gasteiger partial charge is 0.493 e. The quantitative estimate of drug-likeness (QED) is 0.605. The Labute approximate surface area is 117 Å². The van der Waals surface area contributed by atoms with E-state index in [9.17, 15) is 10.1 Å². The van der Waals surface area contributed by atoms with Gasteiger partial charge >= 0.3 is 5.69 Å². The van der Waals surface area contributed by atoms with Crippen molar-refractivity contribution < 1.29 is 14.4 Å². The summed E-state index contributed by atoms with van der Waals surface area (Å²) in [6, 6.07) is 3.20. The lowest BCUT2D eigenvalue weighted by atomic mass is 10.1. The minimum Gasteiger partial charge on any atom is -0.493 e. The second kappa shape index (κ2) is 5.77. The molecule has 0 fully saturated rings. The minimum absolute atomic E-state index is 0.107. The average Bonchev–Trinajstić information content (AvgIpc) is 2.85. The van der Waals surface area contributed by atoms with Crippen LogP contribution in [0.3, 0.4) is 0 Å². The average molecular weight is 279 g/mol. The van der Waals surface area contributed by atoms with Crippen LogP contribution >= 0.6 is 0 Å². The summed E-state index contributed by atoms with van der Waals surface area (Å²) in [5, 5.41) is 11.2. The van der Waals surface area contributed by atoms with Gasteiger partial charge in [-0.05, 0) is 13.0 Å². The van der Waals surface area contributed by atoms with Crippen LogP contribution in [0.5, 0.6) is 11.5 Å². The Bertz CT molecular complexity index is 557. The lowest BCUT2D eigenvalue weighted by molar-refractivity contribution is -0.385. The predicted octanol–water partition coefficient (Wildman–Crippen LogP) is 1.69. The highest BCUT2D eigenvalue weighted by Crippen LogP contribution is 2.38. The van der Waals surface area contributed by atoms with Gasteiger partial charge in [0.25, 0.3) is 0 Å². The van der Waals surface area contributed by atoms with E-state index in [2.05, 4.69) is 4.99 Å². The smallest absolute Gasteiger partial charge is 0.315 e. The van der Waals surface area contributed by atoms with Gasteiger partial charge in [0.05, 0.1) is 25.2 Å². The monoisotopic (exact) mass is 279 g/mol. The molecular formula is C13H17N3O4. The maximum absolute atomic E-state index is 11.2. The zero-order chi connectivity index (χ0) is 14.7. The summed E-state index contributed by atoms with van der Waals surface area (Å²) in [5.41, 5.74) is 0.557. The number of nitro benzene ring substituents is 1. The maximum Gasteiger partial charge on any atom is 0.315 e. The standard InChI is InChI=1S/C13H17N3O4/c1-4-20-12-10(16(17)18)7-9(8-11(12)19-3)13-14-5-6-15(13)2/h7-8H,4-6H2,1-3H3. The molecule has 1 aliphatic heterocycles. The molecule has 0 aromatic heterocycles. The molecule has 108 valence electrons. The summed E-state index contributed by atoms with van der Waals surface area (Å²) in [6.07, 6.45) is 0. The summed E-state index contributed by atoms with van der Waals surface area (Å²) < 4.78 is 10.6. The first kappa shape index (κ1) is 14.1. The molecule has 0 N–H and O–H groups in total. The molecule has 0 saturated heterocycles. The van der Waals surface area contributed by atoms with E-state index in [1.54, 1.807) is 13.0 Å². The van der Waals surface area contributed by atoms with Crippen molar-refractivity contribution in [2.24, 2.45) is 4.99 Å². The Balaban J connectivity index is 2.56. The van der Waals surface area contributed by atoms with Crippen LogP contribution in [0.15, 0.2) is 17.1 Å². The highest BCUT2D eigenvalue weighted by Gasteiger charge is 2.25. The first-order valence-corrected chi connectivity index (χ1v) is 6.33. The van der Waals surface area contributed by atoms with Crippen molar-refractivity contribution in [2.45, 2.75) is 6.92 Å². The van der Waals surface area contributed by atoms with Crippen molar-refractivity contribution >= 4 is 11.5 Å². The number of benzene rings is 1. The van der Waals surface area contributed by atoms with Gasteiger partial charge < -0.3 is 14.4 Å². The number of hydrogen-bond donors (Lipinski definition) is 0. The molecule has 0 spiro atoms. The molecular weight excluding hydrogens is 262 g/mol. The van der Waals surface area contributed by atoms with E-state index in [4.69, 9.17) is 9.47 Å². The summed E-state index contributed by atoms with van der Waals surface area (Å²) in [7, 11) is 3.37. The number of hydrogen-bond acceptors (Lipinski definition) is 6. The number of ether oxygens (including phenoxy) is 2. The van der Waals surface area contributed by atoms with Gasteiger partial charge in [0.15, 0.2) is 5.75 Å². The molecule has 0 atom stereocenters. The third-order valence-electron chi connectivity index (χ3n) is 3.06. The molecule has 0 aliphatic carbocycles. The van der Waals surface area contributed by atoms with Gasteiger partial charge in [0, 0.05) is 25.2 Å². The number of rotatable bonds is 5. The molecule has 2 rings (SSSR count). The van der Waals surface area contributed by atoms with Crippen LogP contribution in [0.2, 0.25) is 0 Å². The first-order chi connectivity index (χ1) is 9.58. The first-order valence-electron chi connectivity index (χ1n) is 6.33. The lowest BCUT2D eigenvalue weighted by Crippen LogP contribution is -2.23. The van der Waals surface area contributed by atoms with Gasteiger partial charge in [0.2, 0.25) is 5.75 Å². The molecule has 0 amide bonds. The van der Waals surface area contributed by atoms with Crippen LogP contribution < -0.4 is 9.47 Å². The summed E-state index contributed by atoms with van der Waals surface area (Å²) in [4.78, 5) is 17.1. The highest BCUT2D eigenvalue weighted by molar-refractivity contribution is 6.01. The lowest BCUT2D eigenvalue weighted by Gasteiger charge is -2.16. The van der Waals surface area contributed by atoms with Crippen molar-refractivity contribution in [3.63, 3.8) is 0 Å². The molecule has 1 aromatic rings. The van der Waals surface area contributed by atoms with E-state index in [1.165, 1.54) is 13.2 Å². The Morgan fingerprint density at radius 1 is 1.50 bits per heavy atom. The van der Waals surface area contributed by atoms with Crippen LogP contribution in [-0.2, 0) is 0 Å². The zero-order valence-electron chi connectivity index (χ0n) is 11.8. The second-order valence-electron chi connectivity index (χ2n) is 4.34. The van der Waals surface area contributed by atoms with Gasteiger partial charge in [-0.1, -0.05) is 0 Å². The van der Waals surface area contributed by atoms with Gasteiger partial charge in [-0.2, -0.15) is 0 Å². The Hall–Kier alpha value is -2.31. The molecule has 1 aromatic carbocycles. The summed E-state index contributed by atoms with van der Waals surface area (Å²) in [5.74, 6) is 1.23. The van der Waals surface area contributed by atoms with Crippen molar-refractivity contribution in [2.75, 3.05) is 33.9 Å². The number of nitro groups is 1. The van der Waals surface area contributed by atoms with Crippen LogP contribution in [0.25, 0.3) is 0 Å². The van der Waals surface area contributed by atoms with E-state index in [1.807, 2.05) is 11.9 Å². The fourth-order valence-corrected chi connectivity index (χ4v) is 2.14. The van der Waals surface area contributed by atoms with Crippen LogP contribution in [0.1, 0.15) is 12.5 Å². The molecule has 0 radical (unpaired) electrons. The van der Waals surface area contributed by atoms with Crippen molar-refractivity contribution in [1.82, 2.24) is 4.90 Å². The molecule has 7 nitrogen and oxygen atoms in total. The Morgan fingerprint density at radius 2 is 2.25 bits per heavy atom. The Morgan fingerprint density at radius 3 is 2.75 bits per heavy atom. The molecule has 0 unspecified atom stereocenters. The highest BCUT2D eigenvalue weighted by atomic mass is 16.6. The fraction of sp³-hybridized carbons (Fsp3) is 0.462. The topological polar surface area (TPSA) is 77.2 Å². The number of methoxy groups -OCH3 is 1. The summed E-state index contributed by atoms with van der Waals surface area (Å²) in [6.45, 7) is 3.59. The fourth-order valence-electron chi connectivity index (χ4n) is 2.14. The SMILES string of the molecule is CCOc1c(OC)cc(C2=NCCN2C)cc1[N+](=O)[O-]. The number of nitrogens with zero attached hydrogens (tertiary/aromatic N) is 3. The van der Waals surface area contributed by atoms with Crippen LogP contribution in [0, 0.1) is 10.1 Å². The third-order valence-corrected chi connectivity index (χ3v) is 3.06. The molecule has 1 heterocycles. The minimum atomic E-state index is -0.466. The van der Waals surface area contributed by atoms with Crippen molar-refractivity contribution in [3.8, 4) is 11.5 Å². The van der Waals surface area contributed by atoms with Crippen LogP contribution in [-0.4, -0.2) is 49.5 Å². The number of aliphatic imine (C=N–C) groups is 1. The second-order valence-corrected chi connectivity index (χ2v) is 4.34. The van der Waals surface area contributed by atoms with Gasteiger partial charge in [-0.25, -0.2) is 0 Å². The molecule has 0 bridgehead atoms. The number of amidine groups is 1. The van der Waals surface area contributed by atoms with E-state index in [0.29, 0.717) is 24.5 Å². The van der Waals surface area contributed by atoms with E-state index < -0.39 is 4.92 Å². The van der Waals surface area contributed by atoms with Gasteiger partial charge in [-0.3, -0.25) is 15.1 Å². The normalized spacial score (nSPS) is 14.2. The maximum atomic E-state index is 11.2. The van der Waals surface area contributed by atoms with E-state index >= 15 is 0 Å². The van der Waals surface area contributed by atoms with Gasteiger partial charge in [0.1, 0.15) is 5.84 Å². The van der Waals surface area contributed by atoms with Crippen molar-refractivity contribution in [1.29, 1.82) is 0 Å². The molecule has 20 heavy (non-hydrogen) atoms. The third kappa shape index (κ3) is 2.52. The number of likely N-dealkylation sites (N-methyl/N-ethyl adjacent to an activating group) is 1. The zero-order valence-corrected chi connectivity index (χ0v) is 11.8. The van der Waals surface area contributed by atoms with E-state index in [-0.39, 0.29) is 11.4 Å². The van der Waals surface area contributed by atoms with Gasteiger partial charge in [-0.15, -0.1) is 0 Å².